The Balaban J connectivity index is 1.58. The van der Waals surface area contributed by atoms with Crippen LogP contribution in [-0.4, -0.2) is 57.9 Å². The molecule has 1 amide bonds. The monoisotopic (exact) mass is 342 g/mol. The van der Waals surface area contributed by atoms with Gasteiger partial charge in [0.15, 0.2) is 0 Å². The molecule has 1 saturated heterocycles. The van der Waals surface area contributed by atoms with Gasteiger partial charge in [0.1, 0.15) is 5.82 Å². The predicted octanol–water partition coefficient (Wildman–Crippen LogP) is 1.80. The van der Waals surface area contributed by atoms with E-state index in [2.05, 4.69) is 35.8 Å². The summed E-state index contributed by atoms with van der Waals surface area (Å²) in [5.41, 5.74) is 0.597. The van der Waals surface area contributed by atoms with Crippen molar-refractivity contribution < 1.29 is 4.79 Å². The van der Waals surface area contributed by atoms with Crippen LogP contribution >= 0.6 is 0 Å². The molecule has 0 bridgehead atoms. The highest BCUT2D eigenvalue weighted by Gasteiger charge is 2.32. The number of para-hydroxylation sites is 1. The number of fused-ring (bicyclic) bond motifs is 1. The van der Waals surface area contributed by atoms with Gasteiger partial charge in [-0.3, -0.25) is 14.5 Å². The van der Waals surface area contributed by atoms with Crippen molar-refractivity contribution in [1.82, 2.24) is 19.8 Å². The molecule has 2 aromatic rings. The minimum absolute atomic E-state index is 0.0129. The first-order valence-corrected chi connectivity index (χ1v) is 8.84. The van der Waals surface area contributed by atoms with E-state index in [1.165, 1.54) is 0 Å². The maximum atomic E-state index is 12.5. The lowest BCUT2D eigenvalue weighted by Gasteiger charge is -2.45. The summed E-state index contributed by atoms with van der Waals surface area (Å²) >= 11 is 0. The van der Waals surface area contributed by atoms with E-state index in [4.69, 9.17) is 0 Å². The highest BCUT2D eigenvalue weighted by Crippen LogP contribution is 2.19. The Labute approximate surface area is 147 Å². The molecule has 1 aliphatic rings. The topological polar surface area (TPSA) is 69.3 Å². The van der Waals surface area contributed by atoms with Crippen LogP contribution in [-0.2, 0) is 11.2 Å². The van der Waals surface area contributed by atoms with Gasteiger partial charge in [-0.2, -0.15) is 0 Å². The van der Waals surface area contributed by atoms with E-state index in [1.807, 2.05) is 23.1 Å². The summed E-state index contributed by atoms with van der Waals surface area (Å²) in [7, 11) is 2.10. The van der Waals surface area contributed by atoms with E-state index < -0.39 is 0 Å². The van der Waals surface area contributed by atoms with Crippen LogP contribution in [0.3, 0.4) is 0 Å². The van der Waals surface area contributed by atoms with Crippen molar-refractivity contribution >= 4 is 16.8 Å². The Bertz CT molecular complexity index is 828. The first-order chi connectivity index (χ1) is 11.9. The van der Waals surface area contributed by atoms with Gasteiger partial charge in [0.25, 0.3) is 5.56 Å². The van der Waals surface area contributed by atoms with Crippen LogP contribution in [0.15, 0.2) is 29.1 Å². The standard InChI is InChI=1S/C19H26N4O2/c1-19(2)13-23(12-11-22(19)3)17(24)10-6-9-16-20-15-8-5-4-7-14(15)18(25)21-16/h4-5,7-8H,6,9-13H2,1-3H3,(H,20,21,25). The third-order valence-corrected chi connectivity index (χ3v) is 5.14. The summed E-state index contributed by atoms with van der Waals surface area (Å²) in [6, 6.07) is 7.31. The molecule has 0 saturated carbocycles. The summed E-state index contributed by atoms with van der Waals surface area (Å²) < 4.78 is 0. The van der Waals surface area contributed by atoms with Crippen molar-refractivity contribution in [2.45, 2.75) is 38.6 Å². The maximum Gasteiger partial charge on any atom is 0.258 e. The van der Waals surface area contributed by atoms with E-state index in [-0.39, 0.29) is 17.0 Å². The average molecular weight is 342 g/mol. The van der Waals surface area contributed by atoms with E-state index in [9.17, 15) is 9.59 Å². The molecule has 0 radical (unpaired) electrons. The normalized spacial score (nSPS) is 17.8. The lowest BCUT2D eigenvalue weighted by Crippen LogP contribution is -2.58. The Kier molecular flexibility index (Phi) is 4.90. The van der Waals surface area contributed by atoms with Crippen molar-refractivity contribution in [3.8, 4) is 0 Å². The number of H-pyrrole nitrogens is 1. The molecule has 1 aliphatic heterocycles. The quantitative estimate of drug-likeness (QED) is 0.920. The van der Waals surface area contributed by atoms with Crippen LogP contribution in [0.5, 0.6) is 0 Å². The number of benzene rings is 1. The van der Waals surface area contributed by atoms with Crippen LogP contribution in [0.2, 0.25) is 0 Å². The zero-order chi connectivity index (χ0) is 18.0. The second-order valence-corrected chi connectivity index (χ2v) is 7.43. The second kappa shape index (κ2) is 6.96. The molecule has 134 valence electrons. The number of piperazine rings is 1. The number of carbonyl (C=O) groups is 1. The summed E-state index contributed by atoms with van der Waals surface area (Å²) in [6.45, 7) is 6.77. The minimum atomic E-state index is -0.118. The Morgan fingerprint density at radius 2 is 2.04 bits per heavy atom. The van der Waals surface area contributed by atoms with Gasteiger partial charge in [0.2, 0.25) is 5.91 Å². The smallest absolute Gasteiger partial charge is 0.258 e. The van der Waals surface area contributed by atoms with Crippen LogP contribution in [0.1, 0.15) is 32.5 Å². The molecule has 6 nitrogen and oxygen atoms in total. The van der Waals surface area contributed by atoms with E-state index in [1.54, 1.807) is 6.07 Å². The van der Waals surface area contributed by atoms with Gasteiger partial charge in [0, 0.05) is 38.0 Å². The van der Waals surface area contributed by atoms with Crippen LogP contribution in [0.25, 0.3) is 10.9 Å². The number of hydrogen-bond donors (Lipinski definition) is 1. The summed E-state index contributed by atoms with van der Waals surface area (Å²) in [4.78, 5) is 36.1. The SMILES string of the molecule is CN1CCN(C(=O)CCCc2nc3ccccc3c(=O)[nH]2)CC1(C)C. The summed E-state index contributed by atoms with van der Waals surface area (Å²) in [5, 5.41) is 0.599. The summed E-state index contributed by atoms with van der Waals surface area (Å²) in [5.74, 6) is 0.833. The molecule has 2 heterocycles. The lowest BCUT2D eigenvalue weighted by molar-refractivity contribution is -0.135. The fourth-order valence-corrected chi connectivity index (χ4v) is 3.27. The van der Waals surface area contributed by atoms with Gasteiger partial charge >= 0.3 is 0 Å². The van der Waals surface area contributed by atoms with Crippen molar-refractivity contribution in [1.29, 1.82) is 0 Å². The van der Waals surface area contributed by atoms with Gasteiger partial charge < -0.3 is 9.88 Å². The number of aromatic nitrogens is 2. The maximum absolute atomic E-state index is 12.5. The Hall–Kier alpha value is -2.21. The van der Waals surface area contributed by atoms with Crippen molar-refractivity contribution in [3.05, 3.63) is 40.4 Å². The first kappa shape index (κ1) is 17.6. The fraction of sp³-hybridized carbons (Fsp3) is 0.526. The molecule has 0 unspecified atom stereocenters. The number of hydrogen-bond acceptors (Lipinski definition) is 4. The number of rotatable bonds is 4. The molecule has 0 aliphatic carbocycles. The van der Waals surface area contributed by atoms with Crippen molar-refractivity contribution in [2.24, 2.45) is 0 Å². The Morgan fingerprint density at radius 1 is 1.28 bits per heavy atom. The highest BCUT2D eigenvalue weighted by atomic mass is 16.2. The number of nitrogens with zero attached hydrogens (tertiary/aromatic N) is 3. The van der Waals surface area contributed by atoms with Gasteiger partial charge in [-0.15, -0.1) is 0 Å². The first-order valence-electron chi connectivity index (χ1n) is 8.84. The number of carbonyl (C=O) groups excluding carboxylic acids is 1. The zero-order valence-corrected chi connectivity index (χ0v) is 15.2. The van der Waals surface area contributed by atoms with Crippen LogP contribution in [0.4, 0.5) is 0 Å². The fourth-order valence-electron chi connectivity index (χ4n) is 3.27. The molecule has 1 N–H and O–H groups in total. The molecule has 3 rings (SSSR count). The summed E-state index contributed by atoms with van der Waals surface area (Å²) in [6.07, 6.45) is 1.77. The van der Waals surface area contributed by atoms with Gasteiger partial charge in [-0.05, 0) is 39.4 Å². The van der Waals surface area contributed by atoms with E-state index in [0.29, 0.717) is 36.0 Å². The molecule has 25 heavy (non-hydrogen) atoms. The minimum Gasteiger partial charge on any atom is -0.340 e. The molecular formula is C19H26N4O2. The second-order valence-electron chi connectivity index (χ2n) is 7.43. The van der Waals surface area contributed by atoms with Crippen molar-refractivity contribution in [2.75, 3.05) is 26.7 Å². The van der Waals surface area contributed by atoms with E-state index >= 15 is 0 Å². The molecule has 1 aromatic carbocycles. The molecule has 1 fully saturated rings. The molecule has 0 atom stereocenters. The molecule has 6 heteroatoms. The van der Waals surface area contributed by atoms with Gasteiger partial charge in [-0.1, -0.05) is 12.1 Å². The number of aryl methyl sites for hydroxylation is 1. The number of aromatic amines is 1. The van der Waals surface area contributed by atoms with Gasteiger partial charge in [-0.25, -0.2) is 4.98 Å². The van der Waals surface area contributed by atoms with Gasteiger partial charge in [0.05, 0.1) is 10.9 Å². The van der Waals surface area contributed by atoms with Crippen LogP contribution < -0.4 is 5.56 Å². The van der Waals surface area contributed by atoms with Crippen LogP contribution in [0, 0.1) is 0 Å². The third kappa shape index (κ3) is 3.90. The van der Waals surface area contributed by atoms with Crippen molar-refractivity contribution in [3.63, 3.8) is 0 Å². The third-order valence-electron chi connectivity index (χ3n) is 5.14. The van der Waals surface area contributed by atoms with E-state index in [0.717, 1.165) is 19.6 Å². The molecule has 1 aromatic heterocycles. The molecular weight excluding hydrogens is 316 g/mol. The highest BCUT2D eigenvalue weighted by molar-refractivity contribution is 5.77. The molecule has 0 spiro atoms. The predicted molar refractivity (Wildman–Crippen MR) is 98.6 cm³/mol. The Morgan fingerprint density at radius 3 is 2.80 bits per heavy atom. The largest absolute Gasteiger partial charge is 0.340 e. The number of likely N-dealkylation sites (N-methyl/N-ethyl adjacent to an activating group) is 1. The average Bonchev–Trinajstić information content (AvgIpc) is 2.57. The number of amides is 1. The zero-order valence-electron chi connectivity index (χ0n) is 15.2. The lowest BCUT2D eigenvalue weighted by atomic mass is 9.99. The number of nitrogens with one attached hydrogen (secondary N) is 1.